The quantitative estimate of drug-likeness (QED) is 0.684. The summed E-state index contributed by atoms with van der Waals surface area (Å²) in [7, 11) is -4.55. The fraction of sp³-hybridized carbons (Fsp3) is 0.0769. The molecule has 1 aromatic carbocycles. The number of pyridine rings is 1. The predicted molar refractivity (Wildman–Crippen MR) is 82.9 cm³/mol. The Labute approximate surface area is 144 Å². The Morgan fingerprint density at radius 2 is 1.92 bits per heavy atom. The number of hydrogen-bond acceptors (Lipinski definition) is 5. The van der Waals surface area contributed by atoms with Crippen molar-refractivity contribution in [2.24, 2.45) is 0 Å². The molecule has 25 heavy (non-hydrogen) atoms. The zero-order valence-electron chi connectivity index (χ0n) is 12.0. The number of halogens is 4. The Bertz CT molecular complexity index is 948. The van der Waals surface area contributed by atoms with E-state index in [9.17, 15) is 26.4 Å². The van der Waals surface area contributed by atoms with Gasteiger partial charge in [-0.2, -0.15) is 13.2 Å². The summed E-state index contributed by atoms with van der Waals surface area (Å²) in [4.78, 5) is 13.8. The Balaban J connectivity index is 2.51. The van der Waals surface area contributed by atoms with Crippen molar-refractivity contribution in [3.05, 3.63) is 46.7 Å². The second-order valence-electron chi connectivity index (χ2n) is 4.71. The van der Waals surface area contributed by atoms with Crippen molar-refractivity contribution in [1.29, 1.82) is 0 Å². The van der Waals surface area contributed by atoms with Gasteiger partial charge in [0.1, 0.15) is 0 Å². The van der Waals surface area contributed by atoms with Crippen LogP contribution in [0.3, 0.4) is 0 Å². The third kappa shape index (κ3) is 4.12. The van der Waals surface area contributed by atoms with Crippen LogP contribution in [0.4, 0.5) is 24.5 Å². The summed E-state index contributed by atoms with van der Waals surface area (Å²) in [6, 6.07) is 2.95. The Morgan fingerprint density at radius 1 is 1.28 bits per heavy atom. The fourth-order valence-corrected chi connectivity index (χ4v) is 3.08. The Kier molecular flexibility index (Phi) is 4.82. The van der Waals surface area contributed by atoms with Crippen molar-refractivity contribution in [2.75, 3.05) is 10.5 Å². The maximum Gasteiger partial charge on any atom is 0.418 e. The zero-order valence-corrected chi connectivity index (χ0v) is 13.6. The number of nitrogens with one attached hydrogen (secondary N) is 1. The number of alkyl halides is 3. The minimum absolute atomic E-state index is 0.0732. The molecule has 0 spiro atoms. The Morgan fingerprint density at radius 3 is 2.48 bits per heavy atom. The van der Waals surface area contributed by atoms with Crippen molar-refractivity contribution in [3.63, 3.8) is 0 Å². The first kappa shape index (κ1) is 18.8. The van der Waals surface area contributed by atoms with Crippen LogP contribution in [0.5, 0.6) is 0 Å². The van der Waals surface area contributed by atoms with Crippen LogP contribution in [0.25, 0.3) is 0 Å². The first-order valence-electron chi connectivity index (χ1n) is 6.30. The summed E-state index contributed by atoms with van der Waals surface area (Å²) >= 11 is 5.65. The van der Waals surface area contributed by atoms with E-state index in [0.717, 1.165) is 24.4 Å². The second-order valence-corrected chi connectivity index (χ2v) is 6.83. The number of carboxylic acid groups (broad SMARTS) is 1. The van der Waals surface area contributed by atoms with Gasteiger partial charge in [0, 0.05) is 11.9 Å². The first-order chi connectivity index (χ1) is 11.4. The molecule has 0 aliphatic carbocycles. The molecule has 0 aliphatic heterocycles. The lowest BCUT2D eigenvalue weighted by Gasteiger charge is -2.14. The van der Waals surface area contributed by atoms with Crippen LogP contribution >= 0.6 is 11.6 Å². The zero-order chi connectivity index (χ0) is 19.0. The van der Waals surface area contributed by atoms with Crippen LogP contribution < -0.4 is 10.5 Å². The lowest BCUT2D eigenvalue weighted by molar-refractivity contribution is -0.137. The number of carboxylic acids is 1. The number of hydrogen-bond donors (Lipinski definition) is 3. The van der Waals surface area contributed by atoms with Crippen molar-refractivity contribution in [2.45, 2.75) is 11.1 Å². The molecule has 1 aromatic heterocycles. The van der Waals surface area contributed by atoms with E-state index >= 15 is 0 Å². The molecule has 2 rings (SSSR count). The maximum atomic E-state index is 12.9. The molecule has 134 valence electrons. The molecule has 0 aliphatic rings. The molecule has 0 unspecified atom stereocenters. The van der Waals surface area contributed by atoms with Gasteiger partial charge in [0.25, 0.3) is 10.0 Å². The molecule has 0 fully saturated rings. The smallest absolute Gasteiger partial charge is 0.418 e. The summed E-state index contributed by atoms with van der Waals surface area (Å²) < 4.78 is 65.0. The van der Waals surface area contributed by atoms with Crippen LogP contribution in [-0.4, -0.2) is 24.5 Å². The van der Waals surface area contributed by atoms with Crippen molar-refractivity contribution in [1.82, 2.24) is 4.98 Å². The van der Waals surface area contributed by atoms with Crippen LogP contribution in [0, 0.1) is 0 Å². The van der Waals surface area contributed by atoms with E-state index in [0.29, 0.717) is 6.07 Å². The standard InChI is InChI=1S/C13H9ClF3N3O4S/c14-6-3-10(11(12(21)22)19-5-6)20-25(23,24)7-1-2-9(18)8(4-7)13(15,16)17/h1-5,20H,18H2,(H,21,22). The monoisotopic (exact) mass is 395 g/mol. The third-order valence-corrected chi connectivity index (χ3v) is 4.51. The van der Waals surface area contributed by atoms with E-state index in [1.54, 1.807) is 0 Å². The number of anilines is 2. The lowest BCUT2D eigenvalue weighted by atomic mass is 10.2. The molecule has 7 nitrogen and oxygen atoms in total. The minimum Gasteiger partial charge on any atom is -0.476 e. The molecule has 1 heterocycles. The molecular weight excluding hydrogens is 387 g/mol. The predicted octanol–water partition coefficient (Wildman–Crippen LogP) is 2.84. The van der Waals surface area contributed by atoms with Crippen LogP contribution in [0.1, 0.15) is 16.1 Å². The van der Waals surface area contributed by atoms with Gasteiger partial charge in [0.15, 0.2) is 5.69 Å². The van der Waals surface area contributed by atoms with Crippen molar-refractivity contribution >= 4 is 39.0 Å². The molecule has 2 aromatic rings. The molecule has 4 N–H and O–H groups in total. The SMILES string of the molecule is Nc1ccc(S(=O)(=O)Nc2cc(Cl)cnc2C(=O)O)cc1C(F)(F)F. The average Bonchev–Trinajstić information content (AvgIpc) is 2.45. The lowest BCUT2D eigenvalue weighted by Crippen LogP contribution is -2.18. The molecule has 0 atom stereocenters. The Hall–Kier alpha value is -2.53. The molecule has 12 heteroatoms. The number of nitrogens with zero attached hydrogens (tertiary/aromatic N) is 1. The van der Waals surface area contributed by atoms with E-state index in [1.807, 2.05) is 4.72 Å². The van der Waals surface area contributed by atoms with E-state index in [-0.39, 0.29) is 5.02 Å². The van der Waals surface area contributed by atoms with Gasteiger partial charge in [-0.15, -0.1) is 0 Å². The molecular formula is C13H9ClF3N3O4S. The topological polar surface area (TPSA) is 122 Å². The highest BCUT2D eigenvalue weighted by Crippen LogP contribution is 2.35. The van der Waals surface area contributed by atoms with Crippen LogP contribution in [0.2, 0.25) is 5.02 Å². The normalized spacial score (nSPS) is 12.0. The second kappa shape index (κ2) is 6.41. The largest absolute Gasteiger partial charge is 0.476 e. The summed E-state index contributed by atoms with van der Waals surface area (Å²) in [5, 5.41) is 8.93. The number of rotatable bonds is 4. The highest BCUT2D eigenvalue weighted by molar-refractivity contribution is 7.92. The highest BCUT2D eigenvalue weighted by atomic mass is 35.5. The van der Waals surface area contributed by atoms with Gasteiger partial charge < -0.3 is 10.8 Å². The van der Waals surface area contributed by atoms with Crippen molar-refractivity contribution < 1.29 is 31.5 Å². The minimum atomic E-state index is -4.86. The van der Waals surface area contributed by atoms with Crippen LogP contribution in [0.15, 0.2) is 35.4 Å². The molecule has 0 bridgehead atoms. The molecule has 0 radical (unpaired) electrons. The van der Waals surface area contributed by atoms with E-state index < -0.39 is 49.7 Å². The summed E-state index contributed by atoms with van der Waals surface area (Å²) in [6.07, 6.45) is -3.88. The molecule has 0 saturated carbocycles. The third-order valence-electron chi connectivity index (χ3n) is 2.94. The van der Waals surface area contributed by atoms with Gasteiger partial charge in [0.2, 0.25) is 0 Å². The summed E-state index contributed by atoms with van der Waals surface area (Å²) in [5.74, 6) is -1.55. The number of sulfonamides is 1. The number of nitrogen functional groups attached to an aromatic ring is 1. The van der Waals surface area contributed by atoms with Gasteiger partial charge in [-0.3, -0.25) is 4.72 Å². The summed E-state index contributed by atoms with van der Waals surface area (Å²) in [6.45, 7) is 0. The van der Waals surface area contributed by atoms with E-state index in [1.165, 1.54) is 0 Å². The van der Waals surface area contributed by atoms with Crippen LogP contribution in [-0.2, 0) is 16.2 Å². The fourth-order valence-electron chi connectivity index (χ4n) is 1.84. The first-order valence-corrected chi connectivity index (χ1v) is 8.16. The number of benzene rings is 1. The van der Waals surface area contributed by atoms with Gasteiger partial charge in [-0.1, -0.05) is 11.6 Å². The molecule has 0 saturated heterocycles. The molecule has 0 amide bonds. The number of aromatic carboxylic acids is 1. The summed E-state index contributed by atoms with van der Waals surface area (Å²) in [5.41, 5.74) is 2.07. The average molecular weight is 396 g/mol. The highest BCUT2D eigenvalue weighted by Gasteiger charge is 2.34. The van der Waals surface area contributed by atoms with Gasteiger partial charge in [-0.25, -0.2) is 18.2 Å². The maximum absolute atomic E-state index is 12.9. The van der Waals surface area contributed by atoms with E-state index in [4.69, 9.17) is 22.4 Å². The van der Waals surface area contributed by atoms with Gasteiger partial charge in [0.05, 0.1) is 21.2 Å². The van der Waals surface area contributed by atoms with Gasteiger partial charge >= 0.3 is 12.1 Å². The number of nitrogens with two attached hydrogens (primary N) is 1. The van der Waals surface area contributed by atoms with Crippen molar-refractivity contribution in [3.8, 4) is 0 Å². The van der Waals surface area contributed by atoms with E-state index in [2.05, 4.69) is 4.98 Å². The van der Waals surface area contributed by atoms with Gasteiger partial charge in [-0.05, 0) is 24.3 Å². The number of carbonyl (C=O) groups is 1. The number of aromatic nitrogens is 1.